The Hall–Kier alpha value is -2.10. The van der Waals surface area contributed by atoms with Gasteiger partial charge in [-0.2, -0.15) is 0 Å². The summed E-state index contributed by atoms with van der Waals surface area (Å²) in [5.41, 5.74) is 5.95. The van der Waals surface area contributed by atoms with Crippen LogP contribution in [0.3, 0.4) is 0 Å². The maximum atomic E-state index is 12.1. The largest absolute Gasteiger partial charge is 0.464 e. The number of hydrogen-bond donors (Lipinski definition) is 0. The van der Waals surface area contributed by atoms with Crippen LogP contribution in [0, 0.1) is 5.92 Å². The van der Waals surface area contributed by atoms with Crippen molar-refractivity contribution in [2.24, 2.45) is 5.92 Å². The molecule has 3 aliphatic rings. The van der Waals surface area contributed by atoms with E-state index in [0.29, 0.717) is 11.6 Å². The molecule has 1 atom stereocenters. The molecule has 120 valence electrons. The van der Waals surface area contributed by atoms with Gasteiger partial charge in [0.2, 0.25) is 0 Å². The van der Waals surface area contributed by atoms with Gasteiger partial charge in [0.15, 0.2) is 5.69 Å². The minimum Gasteiger partial charge on any atom is -0.464 e. The van der Waals surface area contributed by atoms with E-state index in [2.05, 4.69) is 17.1 Å². The molecule has 1 unspecified atom stereocenters. The van der Waals surface area contributed by atoms with Gasteiger partial charge in [0, 0.05) is 5.92 Å². The van der Waals surface area contributed by atoms with Crippen LogP contribution in [0.1, 0.15) is 55.4 Å². The number of carbonyl (C=O) groups excluding carboxylic acids is 1. The summed E-state index contributed by atoms with van der Waals surface area (Å²) in [6.07, 6.45) is 16.5. The van der Waals surface area contributed by atoms with E-state index in [1.54, 1.807) is 12.5 Å². The fraction of sp³-hybridized carbons (Fsp3) is 0.474. The second-order valence-electron chi connectivity index (χ2n) is 6.57. The molecule has 4 rings (SSSR count). The Kier molecular flexibility index (Phi) is 3.68. The molecule has 0 saturated heterocycles. The van der Waals surface area contributed by atoms with Gasteiger partial charge >= 0.3 is 5.97 Å². The fourth-order valence-electron chi connectivity index (χ4n) is 4.17. The highest BCUT2D eigenvalue weighted by Gasteiger charge is 2.31. The Balaban J connectivity index is 1.89. The molecular formula is C19H22N2O2. The van der Waals surface area contributed by atoms with Crippen LogP contribution in [-0.4, -0.2) is 22.6 Å². The first kappa shape index (κ1) is 14.5. The predicted octanol–water partition coefficient (Wildman–Crippen LogP) is 4.12. The van der Waals surface area contributed by atoms with E-state index in [-0.39, 0.29) is 5.97 Å². The zero-order chi connectivity index (χ0) is 15.8. The lowest BCUT2D eigenvalue weighted by atomic mass is 9.73. The van der Waals surface area contributed by atoms with E-state index in [0.717, 1.165) is 19.3 Å². The fourth-order valence-corrected chi connectivity index (χ4v) is 4.17. The number of methoxy groups -OCH3 is 1. The zero-order valence-electron chi connectivity index (χ0n) is 13.5. The topological polar surface area (TPSA) is 44.1 Å². The maximum absolute atomic E-state index is 12.1. The third kappa shape index (κ3) is 2.37. The Morgan fingerprint density at radius 1 is 1.30 bits per heavy atom. The molecule has 0 spiro atoms. The van der Waals surface area contributed by atoms with Gasteiger partial charge in [0.25, 0.3) is 0 Å². The molecule has 1 fully saturated rings. The summed E-state index contributed by atoms with van der Waals surface area (Å²) < 4.78 is 6.90. The predicted molar refractivity (Wildman–Crippen MR) is 88.8 cm³/mol. The standard InChI is InChI=1S/C19H22N2O2/c1-23-19(22)17-11-20-12-21(17)18-15-8-4-2-6-13(15)10-14-7-3-5-9-16(14)18/h8,10-12,14H,2-7,9H2,1H3. The molecule has 0 bridgehead atoms. The molecular weight excluding hydrogens is 288 g/mol. The number of hydrogen-bond acceptors (Lipinski definition) is 3. The number of esters is 1. The summed E-state index contributed by atoms with van der Waals surface area (Å²) in [6, 6.07) is 0. The van der Waals surface area contributed by atoms with E-state index >= 15 is 0 Å². The highest BCUT2D eigenvalue weighted by atomic mass is 16.5. The van der Waals surface area contributed by atoms with E-state index in [1.807, 2.05) is 4.57 Å². The molecule has 1 aromatic heterocycles. The minimum absolute atomic E-state index is 0.324. The van der Waals surface area contributed by atoms with Gasteiger partial charge in [0.05, 0.1) is 25.3 Å². The van der Waals surface area contributed by atoms with Crippen LogP contribution in [-0.2, 0) is 4.74 Å². The minimum atomic E-state index is -0.324. The van der Waals surface area contributed by atoms with Crippen molar-refractivity contribution in [3.8, 4) is 0 Å². The summed E-state index contributed by atoms with van der Waals surface area (Å²) in [6.45, 7) is 0. The maximum Gasteiger partial charge on any atom is 0.356 e. The lowest BCUT2D eigenvalue weighted by molar-refractivity contribution is 0.0592. The van der Waals surface area contributed by atoms with Crippen molar-refractivity contribution in [3.63, 3.8) is 0 Å². The van der Waals surface area contributed by atoms with Crippen LogP contribution in [0.5, 0.6) is 0 Å². The number of ether oxygens (including phenoxy) is 1. The van der Waals surface area contributed by atoms with Gasteiger partial charge in [-0.05, 0) is 55.2 Å². The molecule has 1 aromatic rings. The highest BCUT2D eigenvalue weighted by molar-refractivity contribution is 5.91. The average Bonchev–Trinajstić information content (AvgIpc) is 3.08. The van der Waals surface area contributed by atoms with Gasteiger partial charge in [-0.25, -0.2) is 9.78 Å². The SMILES string of the molecule is COC(=O)c1cncn1C1=C2CCCCC2C=C2CCCC=C21. The molecule has 4 heteroatoms. The van der Waals surface area contributed by atoms with Crippen LogP contribution in [0.2, 0.25) is 0 Å². The summed E-state index contributed by atoms with van der Waals surface area (Å²) in [5, 5.41) is 0. The van der Waals surface area contributed by atoms with Crippen LogP contribution < -0.4 is 0 Å². The molecule has 1 saturated carbocycles. The Labute approximate surface area is 136 Å². The van der Waals surface area contributed by atoms with Crippen LogP contribution >= 0.6 is 0 Å². The quantitative estimate of drug-likeness (QED) is 0.772. The molecule has 0 aliphatic heterocycles. The van der Waals surface area contributed by atoms with Crippen LogP contribution in [0.25, 0.3) is 5.70 Å². The van der Waals surface area contributed by atoms with Crippen molar-refractivity contribution < 1.29 is 9.53 Å². The third-order valence-electron chi connectivity index (χ3n) is 5.24. The highest BCUT2D eigenvalue weighted by Crippen LogP contribution is 2.46. The number of nitrogens with zero attached hydrogens (tertiary/aromatic N) is 2. The Bertz CT molecular complexity index is 736. The molecule has 1 heterocycles. The van der Waals surface area contributed by atoms with Crippen molar-refractivity contribution >= 4 is 11.7 Å². The van der Waals surface area contributed by atoms with Gasteiger partial charge in [0.1, 0.15) is 0 Å². The monoisotopic (exact) mass is 310 g/mol. The van der Waals surface area contributed by atoms with Crippen molar-refractivity contribution in [3.05, 3.63) is 47.1 Å². The summed E-state index contributed by atoms with van der Waals surface area (Å²) in [7, 11) is 1.42. The Morgan fingerprint density at radius 2 is 2.22 bits per heavy atom. The average molecular weight is 310 g/mol. The summed E-state index contributed by atoms with van der Waals surface area (Å²) >= 11 is 0. The van der Waals surface area contributed by atoms with Crippen LogP contribution in [0.4, 0.5) is 0 Å². The van der Waals surface area contributed by atoms with Crippen molar-refractivity contribution in [1.29, 1.82) is 0 Å². The van der Waals surface area contributed by atoms with Crippen molar-refractivity contribution in [2.75, 3.05) is 7.11 Å². The number of imidazole rings is 1. The van der Waals surface area contributed by atoms with E-state index in [4.69, 9.17) is 4.74 Å². The number of rotatable bonds is 2. The first-order valence-corrected chi connectivity index (χ1v) is 8.55. The van der Waals surface area contributed by atoms with Gasteiger partial charge in [-0.1, -0.05) is 18.6 Å². The summed E-state index contributed by atoms with van der Waals surface area (Å²) in [4.78, 5) is 16.3. The third-order valence-corrected chi connectivity index (χ3v) is 5.24. The zero-order valence-corrected chi connectivity index (χ0v) is 13.5. The molecule has 0 amide bonds. The molecule has 4 nitrogen and oxygen atoms in total. The second-order valence-corrected chi connectivity index (χ2v) is 6.57. The van der Waals surface area contributed by atoms with E-state index in [1.165, 1.54) is 55.2 Å². The molecule has 3 aliphatic carbocycles. The smallest absolute Gasteiger partial charge is 0.356 e. The molecule has 0 radical (unpaired) electrons. The first-order chi connectivity index (χ1) is 11.3. The Morgan fingerprint density at radius 3 is 3.09 bits per heavy atom. The van der Waals surface area contributed by atoms with Gasteiger partial charge < -0.3 is 4.74 Å². The number of aromatic nitrogens is 2. The molecule has 23 heavy (non-hydrogen) atoms. The second kappa shape index (κ2) is 5.84. The number of fused-ring (bicyclic) bond motifs is 2. The molecule has 0 N–H and O–H groups in total. The van der Waals surface area contributed by atoms with Crippen molar-refractivity contribution in [2.45, 2.75) is 44.9 Å². The molecule has 0 aromatic carbocycles. The van der Waals surface area contributed by atoms with E-state index < -0.39 is 0 Å². The lowest BCUT2D eigenvalue weighted by Crippen LogP contribution is -2.22. The lowest BCUT2D eigenvalue weighted by Gasteiger charge is -2.35. The van der Waals surface area contributed by atoms with Gasteiger partial charge in [-0.3, -0.25) is 4.57 Å². The van der Waals surface area contributed by atoms with Gasteiger partial charge in [-0.15, -0.1) is 0 Å². The summed E-state index contributed by atoms with van der Waals surface area (Å²) in [5.74, 6) is 0.201. The van der Waals surface area contributed by atoms with E-state index in [9.17, 15) is 4.79 Å². The van der Waals surface area contributed by atoms with Crippen LogP contribution in [0.15, 0.2) is 41.4 Å². The normalized spacial score (nSPS) is 23.6. The first-order valence-electron chi connectivity index (χ1n) is 8.55. The number of carbonyl (C=O) groups is 1. The number of allylic oxidation sites excluding steroid dienone is 6. The van der Waals surface area contributed by atoms with Crippen molar-refractivity contribution in [1.82, 2.24) is 9.55 Å².